The average Bonchev–Trinajstić information content (AvgIpc) is 3.11. The molecule has 25 heavy (non-hydrogen) atoms. The van der Waals surface area contributed by atoms with Crippen LogP contribution in [-0.2, 0) is 4.74 Å². The van der Waals surface area contributed by atoms with Crippen molar-refractivity contribution >= 4 is 28.5 Å². The summed E-state index contributed by atoms with van der Waals surface area (Å²) in [6.07, 6.45) is 2.61. The van der Waals surface area contributed by atoms with Crippen molar-refractivity contribution in [1.29, 1.82) is 0 Å². The van der Waals surface area contributed by atoms with Gasteiger partial charge in [-0.25, -0.2) is 4.39 Å². The number of hydrogen-bond acceptors (Lipinski definition) is 4. The normalized spacial score (nSPS) is 14.9. The van der Waals surface area contributed by atoms with Gasteiger partial charge in [0.25, 0.3) is 5.91 Å². The number of halogens is 2. The predicted octanol–water partition coefficient (Wildman–Crippen LogP) is 3.76. The predicted molar refractivity (Wildman–Crippen MR) is 91.1 cm³/mol. The number of aromatic nitrogens is 1. The lowest BCUT2D eigenvalue weighted by Gasteiger charge is -2.27. The number of pyridine rings is 1. The number of furan rings is 1. The first-order valence-corrected chi connectivity index (χ1v) is 8.21. The average molecular weight is 361 g/mol. The molecule has 3 heterocycles. The third-order valence-corrected chi connectivity index (χ3v) is 4.47. The van der Waals surface area contributed by atoms with Gasteiger partial charge in [0.05, 0.1) is 42.0 Å². The van der Waals surface area contributed by atoms with Crippen LogP contribution in [0.3, 0.4) is 0 Å². The molecule has 0 aliphatic carbocycles. The summed E-state index contributed by atoms with van der Waals surface area (Å²) < 4.78 is 24.7. The summed E-state index contributed by atoms with van der Waals surface area (Å²) >= 11 is 6.22. The van der Waals surface area contributed by atoms with Gasteiger partial charge in [-0.3, -0.25) is 9.78 Å². The summed E-state index contributed by atoms with van der Waals surface area (Å²) in [4.78, 5) is 18.3. The van der Waals surface area contributed by atoms with Gasteiger partial charge in [-0.1, -0.05) is 11.6 Å². The van der Waals surface area contributed by atoms with Crippen molar-refractivity contribution in [3.05, 3.63) is 53.1 Å². The topological polar surface area (TPSA) is 55.6 Å². The molecule has 1 aliphatic rings. The lowest BCUT2D eigenvalue weighted by molar-refractivity contribution is 0.0300. The lowest BCUT2D eigenvalue weighted by Crippen LogP contribution is -2.41. The molecule has 0 radical (unpaired) electrons. The molecular formula is C18H14ClFN2O3. The van der Waals surface area contributed by atoms with E-state index in [2.05, 4.69) is 4.98 Å². The number of ether oxygens (including phenoxy) is 1. The molecule has 0 unspecified atom stereocenters. The van der Waals surface area contributed by atoms with E-state index < -0.39 is 5.82 Å². The van der Waals surface area contributed by atoms with Gasteiger partial charge in [0, 0.05) is 24.0 Å². The Balaban J connectivity index is 1.74. The van der Waals surface area contributed by atoms with Crippen molar-refractivity contribution in [2.24, 2.45) is 0 Å². The summed E-state index contributed by atoms with van der Waals surface area (Å²) in [5, 5.41) is 1.25. The molecule has 7 heteroatoms. The molecule has 1 fully saturated rings. The summed E-state index contributed by atoms with van der Waals surface area (Å²) in [6, 6.07) is 6.78. The minimum absolute atomic E-state index is 0.00434. The number of carbonyl (C=O) groups excluding carboxylic acids is 1. The molecule has 0 saturated carbocycles. The van der Waals surface area contributed by atoms with Crippen LogP contribution >= 0.6 is 11.6 Å². The quantitative estimate of drug-likeness (QED) is 0.698. The van der Waals surface area contributed by atoms with Crippen molar-refractivity contribution in [2.45, 2.75) is 0 Å². The molecule has 3 aromatic rings. The highest BCUT2D eigenvalue weighted by Gasteiger charge is 2.22. The first-order valence-electron chi connectivity index (χ1n) is 7.83. The lowest BCUT2D eigenvalue weighted by atomic mass is 10.1. The van der Waals surface area contributed by atoms with Gasteiger partial charge in [0.15, 0.2) is 11.4 Å². The summed E-state index contributed by atoms with van der Waals surface area (Å²) in [7, 11) is 0. The Morgan fingerprint density at radius 3 is 2.84 bits per heavy atom. The van der Waals surface area contributed by atoms with Crippen molar-refractivity contribution in [3.63, 3.8) is 0 Å². The first kappa shape index (κ1) is 16.1. The fraction of sp³-hybridized carbons (Fsp3) is 0.222. The molecule has 1 aromatic carbocycles. The Hall–Kier alpha value is -2.44. The van der Waals surface area contributed by atoms with E-state index in [9.17, 15) is 9.18 Å². The molecule has 1 aliphatic heterocycles. The SMILES string of the molecule is O=C(c1cc(-c2cc(Cl)c3occc3c2)ncc1F)N1CCOCC1. The minimum Gasteiger partial charge on any atom is -0.463 e. The number of amides is 1. The maximum Gasteiger partial charge on any atom is 0.257 e. The van der Waals surface area contributed by atoms with E-state index in [4.69, 9.17) is 20.8 Å². The number of carbonyl (C=O) groups is 1. The highest BCUT2D eigenvalue weighted by Crippen LogP contribution is 2.31. The fourth-order valence-electron chi connectivity index (χ4n) is 2.88. The van der Waals surface area contributed by atoms with Crippen LogP contribution in [0.15, 0.2) is 41.1 Å². The second-order valence-corrected chi connectivity index (χ2v) is 6.16. The molecule has 1 saturated heterocycles. The van der Waals surface area contributed by atoms with Gasteiger partial charge < -0.3 is 14.1 Å². The van der Waals surface area contributed by atoms with E-state index in [-0.39, 0.29) is 11.5 Å². The second kappa shape index (κ2) is 6.46. The van der Waals surface area contributed by atoms with Crippen LogP contribution < -0.4 is 0 Å². The molecule has 0 spiro atoms. The van der Waals surface area contributed by atoms with Gasteiger partial charge in [-0.2, -0.15) is 0 Å². The summed E-state index contributed by atoms with van der Waals surface area (Å²) in [6.45, 7) is 1.81. The minimum atomic E-state index is -0.643. The van der Waals surface area contributed by atoms with Gasteiger partial charge >= 0.3 is 0 Å². The smallest absolute Gasteiger partial charge is 0.257 e. The van der Waals surface area contributed by atoms with E-state index in [1.54, 1.807) is 23.3 Å². The zero-order valence-corrected chi connectivity index (χ0v) is 13.9. The first-order chi connectivity index (χ1) is 12.1. The number of fused-ring (bicyclic) bond motifs is 1. The summed E-state index contributed by atoms with van der Waals surface area (Å²) in [5.41, 5.74) is 1.74. The molecule has 4 rings (SSSR count). The Morgan fingerprint density at radius 2 is 2.04 bits per heavy atom. The third-order valence-electron chi connectivity index (χ3n) is 4.19. The Labute approximate surface area is 148 Å². The van der Waals surface area contributed by atoms with Crippen molar-refractivity contribution in [1.82, 2.24) is 9.88 Å². The molecule has 0 bridgehead atoms. The highest BCUT2D eigenvalue weighted by atomic mass is 35.5. The van der Waals surface area contributed by atoms with Gasteiger partial charge in [-0.15, -0.1) is 0 Å². The number of nitrogens with zero attached hydrogens (tertiary/aromatic N) is 2. The van der Waals surface area contributed by atoms with Crippen LogP contribution in [0.4, 0.5) is 4.39 Å². The summed E-state index contributed by atoms with van der Waals surface area (Å²) in [5.74, 6) is -1.00. The molecule has 1 amide bonds. The Kier molecular flexibility index (Phi) is 4.15. The van der Waals surface area contributed by atoms with E-state index in [0.29, 0.717) is 48.2 Å². The number of rotatable bonds is 2. The Bertz CT molecular complexity index is 951. The van der Waals surface area contributed by atoms with E-state index in [1.807, 2.05) is 6.07 Å². The standard InChI is InChI=1S/C18H14ClFN2O3/c19-14-8-12(7-11-1-4-25-17(11)14)16-9-13(15(20)10-21-16)18(23)22-2-5-24-6-3-22/h1,4,7-10H,2-3,5-6H2. The maximum absolute atomic E-state index is 14.2. The number of benzene rings is 1. The fourth-order valence-corrected chi connectivity index (χ4v) is 3.15. The van der Waals surface area contributed by atoms with Gasteiger partial charge in [-0.05, 0) is 24.3 Å². The van der Waals surface area contributed by atoms with Crippen molar-refractivity contribution in [2.75, 3.05) is 26.3 Å². The van der Waals surface area contributed by atoms with Crippen molar-refractivity contribution < 1.29 is 18.3 Å². The van der Waals surface area contributed by atoms with E-state index >= 15 is 0 Å². The largest absolute Gasteiger partial charge is 0.463 e. The van der Waals surface area contributed by atoms with Crippen LogP contribution in [-0.4, -0.2) is 42.1 Å². The van der Waals surface area contributed by atoms with Gasteiger partial charge in [0.1, 0.15) is 0 Å². The monoisotopic (exact) mass is 360 g/mol. The van der Waals surface area contributed by atoms with E-state index in [1.165, 1.54) is 6.07 Å². The number of hydrogen-bond donors (Lipinski definition) is 0. The second-order valence-electron chi connectivity index (χ2n) is 5.75. The molecule has 0 N–H and O–H groups in total. The molecule has 2 aromatic heterocycles. The zero-order chi connectivity index (χ0) is 17.4. The van der Waals surface area contributed by atoms with Crippen LogP contribution in [0.1, 0.15) is 10.4 Å². The van der Waals surface area contributed by atoms with E-state index in [0.717, 1.165) is 11.6 Å². The highest BCUT2D eigenvalue weighted by molar-refractivity contribution is 6.35. The van der Waals surface area contributed by atoms with Crippen LogP contribution in [0.25, 0.3) is 22.2 Å². The van der Waals surface area contributed by atoms with Crippen LogP contribution in [0.5, 0.6) is 0 Å². The zero-order valence-electron chi connectivity index (χ0n) is 13.2. The van der Waals surface area contributed by atoms with Gasteiger partial charge in [0.2, 0.25) is 0 Å². The molecule has 5 nitrogen and oxygen atoms in total. The molecule has 0 atom stereocenters. The third kappa shape index (κ3) is 2.99. The van der Waals surface area contributed by atoms with Crippen LogP contribution in [0, 0.1) is 5.82 Å². The van der Waals surface area contributed by atoms with Crippen LogP contribution in [0.2, 0.25) is 5.02 Å². The Morgan fingerprint density at radius 1 is 1.24 bits per heavy atom. The molecular weight excluding hydrogens is 347 g/mol. The molecule has 128 valence electrons. The number of morpholine rings is 1. The maximum atomic E-state index is 14.2. The van der Waals surface area contributed by atoms with Crippen molar-refractivity contribution in [3.8, 4) is 11.3 Å².